The van der Waals surface area contributed by atoms with E-state index in [1.54, 1.807) is 24.8 Å². The summed E-state index contributed by atoms with van der Waals surface area (Å²) in [4.78, 5) is 25.4. The number of thioether (sulfide) groups is 1. The molecule has 0 aliphatic heterocycles. The average Bonchev–Trinajstić information content (AvgIpc) is 3.28. The molecule has 0 spiro atoms. The standard InChI is InChI=1S/C25H25F3O3S/c1-3-12-5-6-13(9-21(12)32-15-10-17-18(11-15)22(17)25(30)31)24(29)16(4-2)14-7-19(26)23(28)20(27)8-14/h5-9,15-18,22H,3-4,10-11H2,1-2H3,(H,30,31). The molecular formula is C25H25F3O3S. The van der Waals surface area contributed by atoms with Gasteiger partial charge in [-0.05, 0) is 66.8 Å². The minimum absolute atomic E-state index is 0.123. The van der Waals surface area contributed by atoms with Crippen molar-refractivity contribution in [3.8, 4) is 0 Å². The molecule has 32 heavy (non-hydrogen) atoms. The van der Waals surface area contributed by atoms with Crippen LogP contribution in [0.2, 0.25) is 0 Å². The van der Waals surface area contributed by atoms with Gasteiger partial charge in [-0.15, -0.1) is 11.8 Å². The second-order valence-corrected chi connectivity index (χ2v) is 10.0. The van der Waals surface area contributed by atoms with E-state index in [0.717, 1.165) is 41.9 Å². The van der Waals surface area contributed by atoms with Gasteiger partial charge in [-0.2, -0.15) is 0 Å². The summed E-state index contributed by atoms with van der Waals surface area (Å²) in [6, 6.07) is 7.26. The van der Waals surface area contributed by atoms with E-state index in [2.05, 4.69) is 0 Å². The molecule has 7 heteroatoms. The Kier molecular flexibility index (Phi) is 6.39. The predicted molar refractivity (Wildman–Crippen MR) is 116 cm³/mol. The molecule has 4 rings (SSSR count). The van der Waals surface area contributed by atoms with E-state index in [1.807, 2.05) is 19.1 Å². The number of hydrogen-bond acceptors (Lipinski definition) is 3. The highest BCUT2D eigenvalue weighted by Gasteiger charge is 2.59. The van der Waals surface area contributed by atoms with Gasteiger partial charge in [0.05, 0.1) is 5.92 Å². The lowest BCUT2D eigenvalue weighted by atomic mass is 9.88. The molecule has 2 aliphatic carbocycles. The van der Waals surface area contributed by atoms with Crippen LogP contribution in [0.5, 0.6) is 0 Å². The summed E-state index contributed by atoms with van der Waals surface area (Å²) < 4.78 is 40.8. The fraction of sp³-hybridized carbons (Fsp3) is 0.440. The molecule has 0 saturated heterocycles. The first-order valence-electron chi connectivity index (χ1n) is 11.0. The Labute approximate surface area is 189 Å². The molecule has 2 aromatic rings. The van der Waals surface area contributed by atoms with Gasteiger partial charge in [0, 0.05) is 21.6 Å². The second-order valence-electron chi connectivity index (χ2n) is 8.70. The van der Waals surface area contributed by atoms with E-state index in [1.165, 1.54) is 0 Å². The summed E-state index contributed by atoms with van der Waals surface area (Å²) in [6.07, 6.45) is 2.84. The minimum atomic E-state index is -1.54. The first kappa shape index (κ1) is 22.9. The van der Waals surface area contributed by atoms with Gasteiger partial charge in [-0.3, -0.25) is 9.59 Å². The van der Waals surface area contributed by atoms with E-state index in [0.29, 0.717) is 17.2 Å². The quantitative estimate of drug-likeness (QED) is 0.372. The highest BCUT2D eigenvalue weighted by atomic mass is 32.2. The van der Waals surface area contributed by atoms with E-state index in [-0.39, 0.29) is 29.1 Å². The lowest BCUT2D eigenvalue weighted by molar-refractivity contribution is -0.139. The molecule has 0 amide bonds. The maximum Gasteiger partial charge on any atom is 0.307 e. The van der Waals surface area contributed by atoms with Crippen LogP contribution < -0.4 is 0 Å². The number of hydrogen-bond donors (Lipinski definition) is 1. The topological polar surface area (TPSA) is 54.4 Å². The molecule has 3 nitrogen and oxygen atoms in total. The van der Waals surface area contributed by atoms with Crippen molar-refractivity contribution in [3.05, 3.63) is 64.5 Å². The van der Waals surface area contributed by atoms with Gasteiger partial charge in [0.1, 0.15) is 0 Å². The molecular weight excluding hydrogens is 437 g/mol. The molecule has 1 N–H and O–H groups in total. The Hall–Kier alpha value is -2.28. The van der Waals surface area contributed by atoms with Gasteiger partial charge in [-0.25, -0.2) is 13.2 Å². The van der Waals surface area contributed by atoms with Crippen LogP contribution >= 0.6 is 11.8 Å². The Balaban J connectivity index is 1.55. The molecule has 2 aliphatic rings. The SMILES string of the molecule is CCc1ccc(C(=O)C(CC)c2cc(F)c(F)c(F)c2)cc1SC1CC2C(C1)C2C(=O)O. The van der Waals surface area contributed by atoms with Gasteiger partial charge >= 0.3 is 5.97 Å². The van der Waals surface area contributed by atoms with E-state index in [4.69, 9.17) is 0 Å². The van der Waals surface area contributed by atoms with Crippen LogP contribution in [0.3, 0.4) is 0 Å². The van der Waals surface area contributed by atoms with Gasteiger partial charge in [0.2, 0.25) is 0 Å². The first-order valence-corrected chi connectivity index (χ1v) is 11.8. The molecule has 3 unspecified atom stereocenters. The zero-order chi connectivity index (χ0) is 23.2. The highest BCUT2D eigenvalue weighted by molar-refractivity contribution is 8.00. The van der Waals surface area contributed by atoms with Crippen LogP contribution in [0.1, 0.15) is 60.5 Å². The average molecular weight is 463 g/mol. The number of carboxylic acid groups (broad SMARTS) is 1. The third kappa shape index (κ3) is 4.19. The third-order valence-electron chi connectivity index (χ3n) is 6.85. The summed E-state index contributed by atoms with van der Waals surface area (Å²) in [7, 11) is 0. The second kappa shape index (κ2) is 8.93. The number of Topliss-reactive ketones (excluding diaryl/α,β-unsaturated/α-hetero) is 1. The highest BCUT2D eigenvalue weighted by Crippen LogP contribution is 2.60. The van der Waals surface area contributed by atoms with E-state index in [9.17, 15) is 27.9 Å². The predicted octanol–water partition coefficient (Wildman–Crippen LogP) is 6.24. The number of benzene rings is 2. The summed E-state index contributed by atoms with van der Waals surface area (Å²) in [6.45, 7) is 3.79. The van der Waals surface area contributed by atoms with Crippen LogP contribution in [0, 0.1) is 35.2 Å². The van der Waals surface area contributed by atoms with Crippen molar-refractivity contribution in [3.63, 3.8) is 0 Å². The fourth-order valence-corrected chi connectivity index (χ4v) is 6.65. The number of carbonyl (C=O) groups excluding carboxylic acids is 1. The summed E-state index contributed by atoms with van der Waals surface area (Å²) >= 11 is 1.69. The smallest absolute Gasteiger partial charge is 0.307 e. The number of aryl methyl sites for hydroxylation is 1. The fourth-order valence-electron chi connectivity index (χ4n) is 5.09. The number of ketones is 1. The zero-order valence-corrected chi connectivity index (χ0v) is 18.7. The van der Waals surface area contributed by atoms with Gasteiger partial charge in [0.15, 0.2) is 23.2 Å². The minimum Gasteiger partial charge on any atom is -0.481 e. The molecule has 0 aromatic heterocycles. The van der Waals surface area contributed by atoms with Crippen molar-refractivity contribution in [1.29, 1.82) is 0 Å². The lowest BCUT2D eigenvalue weighted by Gasteiger charge is -2.18. The van der Waals surface area contributed by atoms with Crippen molar-refractivity contribution in [2.24, 2.45) is 17.8 Å². The Morgan fingerprint density at radius 3 is 2.22 bits per heavy atom. The van der Waals surface area contributed by atoms with Crippen molar-refractivity contribution in [1.82, 2.24) is 0 Å². The van der Waals surface area contributed by atoms with Crippen molar-refractivity contribution >= 4 is 23.5 Å². The normalized spacial score (nSPS) is 24.8. The van der Waals surface area contributed by atoms with E-state index < -0.39 is 29.3 Å². The number of carboxylic acids is 1. The molecule has 0 bridgehead atoms. The number of halogens is 3. The molecule has 2 aromatic carbocycles. The van der Waals surface area contributed by atoms with Crippen molar-refractivity contribution in [2.75, 3.05) is 0 Å². The molecule has 170 valence electrons. The van der Waals surface area contributed by atoms with Crippen LogP contribution in [0.4, 0.5) is 13.2 Å². The number of carbonyl (C=O) groups is 2. The van der Waals surface area contributed by atoms with Crippen molar-refractivity contribution in [2.45, 2.75) is 55.6 Å². The van der Waals surface area contributed by atoms with Crippen LogP contribution in [-0.4, -0.2) is 22.1 Å². The maximum absolute atomic E-state index is 13.7. The molecule has 0 radical (unpaired) electrons. The molecule has 3 atom stereocenters. The third-order valence-corrected chi connectivity index (χ3v) is 8.20. The van der Waals surface area contributed by atoms with Gasteiger partial charge in [0.25, 0.3) is 0 Å². The summed E-state index contributed by atoms with van der Waals surface area (Å²) in [5, 5.41) is 9.54. The van der Waals surface area contributed by atoms with Crippen LogP contribution in [0.15, 0.2) is 35.2 Å². The van der Waals surface area contributed by atoms with Crippen LogP contribution in [0.25, 0.3) is 0 Å². The molecule has 2 fully saturated rings. The maximum atomic E-state index is 13.7. The molecule has 0 heterocycles. The van der Waals surface area contributed by atoms with Crippen LogP contribution in [-0.2, 0) is 11.2 Å². The summed E-state index contributed by atoms with van der Waals surface area (Å²) in [5.41, 5.74) is 1.68. The van der Waals surface area contributed by atoms with E-state index >= 15 is 0 Å². The molecule has 2 saturated carbocycles. The van der Waals surface area contributed by atoms with Gasteiger partial charge in [-0.1, -0.05) is 26.0 Å². The number of rotatable bonds is 8. The lowest BCUT2D eigenvalue weighted by Crippen LogP contribution is -2.14. The van der Waals surface area contributed by atoms with Gasteiger partial charge < -0.3 is 5.11 Å². The largest absolute Gasteiger partial charge is 0.481 e. The number of fused-ring (bicyclic) bond motifs is 1. The number of aliphatic carboxylic acids is 1. The Morgan fingerprint density at radius 1 is 1.06 bits per heavy atom. The summed E-state index contributed by atoms with van der Waals surface area (Å²) in [5.74, 6) is -5.58. The Bertz CT molecular complexity index is 1040. The monoisotopic (exact) mass is 462 g/mol. The van der Waals surface area contributed by atoms with Crippen molar-refractivity contribution < 1.29 is 27.9 Å². The first-order chi connectivity index (χ1) is 15.2. The Morgan fingerprint density at radius 2 is 1.69 bits per heavy atom. The zero-order valence-electron chi connectivity index (χ0n) is 17.9.